The quantitative estimate of drug-likeness (QED) is 0.0958. The van der Waals surface area contributed by atoms with Gasteiger partial charge in [0.2, 0.25) is 0 Å². The number of nitrogens with one attached hydrogen (secondary N) is 4. The lowest BCUT2D eigenvalue weighted by molar-refractivity contribution is 0.0988. The summed E-state index contributed by atoms with van der Waals surface area (Å²) >= 11 is 12.8. The van der Waals surface area contributed by atoms with Crippen molar-refractivity contribution in [3.05, 3.63) is 87.7 Å². The van der Waals surface area contributed by atoms with E-state index in [-0.39, 0.29) is 22.2 Å². The topological polar surface area (TPSA) is 140 Å². The van der Waals surface area contributed by atoms with E-state index >= 15 is 0 Å². The van der Waals surface area contributed by atoms with E-state index in [1.807, 2.05) is 19.2 Å². The summed E-state index contributed by atoms with van der Waals surface area (Å²) in [5, 5.41) is 21.0. The van der Waals surface area contributed by atoms with Gasteiger partial charge >= 0.3 is 0 Å². The third-order valence-corrected chi connectivity index (χ3v) is 8.56. The lowest BCUT2D eigenvalue weighted by atomic mass is 9.98. The van der Waals surface area contributed by atoms with Crippen LogP contribution in [0.4, 0.5) is 21.5 Å². The van der Waals surface area contributed by atoms with Gasteiger partial charge in [0.1, 0.15) is 17.9 Å². The van der Waals surface area contributed by atoms with Crippen molar-refractivity contribution in [3.63, 3.8) is 0 Å². The van der Waals surface area contributed by atoms with Gasteiger partial charge in [0.25, 0.3) is 0 Å². The van der Waals surface area contributed by atoms with Crippen molar-refractivity contribution in [2.45, 2.75) is 58.2 Å². The van der Waals surface area contributed by atoms with E-state index < -0.39 is 11.9 Å². The van der Waals surface area contributed by atoms with Crippen molar-refractivity contribution in [3.8, 4) is 6.07 Å². The average Bonchev–Trinajstić information content (AvgIpc) is 3.44. The number of pyridine rings is 1. The number of anilines is 3. The molecule has 0 bridgehead atoms. The average molecular weight is 653 g/mol. The molecule has 10 nitrogen and oxygen atoms in total. The standard InChI is InChI=1S/C32H36Cl2FN9O/c1-18-31(45-17-40-18)30(27(43-37)16-38-20-7-9-44(10-8-20)32(2,3)4)42-22-11-23-28(41-21-5-6-26(35)24(33)12-21)19(14-36)15-39-29(23)25(34)13-22/h5-6,11-13,15-17,20,30,38,42-43H,7-10,37H2,1-4H3,(H,39,41)/b27-16-/t30-/m1/s1. The molecule has 1 atom stereocenters. The number of likely N-dealkylation sites (tertiary alicyclic amines) is 1. The van der Waals surface area contributed by atoms with Crippen LogP contribution in [0.1, 0.15) is 56.7 Å². The highest BCUT2D eigenvalue weighted by Crippen LogP contribution is 2.37. The molecule has 45 heavy (non-hydrogen) atoms. The Labute approximate surface area is 271 Å². The fourth-order valence-electron chi connectivity index (χ4n) is 5.45. The zero-order valence-electron chi connectivity index (χ0n) is 25.5. The van der Waals surface area contributed by atoms with Crippen LogP contribution in [0.25, 0.3) is 10.9 Å². The molecule has 0 radical (unpaired) electrons. The first-order valence-electron chi connectivity index (χ1n) is 14.6. The van der Waals surface area contributed by atoms with E-state index in [0.717, 1.165) is 25.9 Å². The van der Waals surface area contributed by atoms with Crippen LogP contribution in [0.2, 0.25) is 10.0 Å². The van der Waals surface area contributed by atoms with Gasteiger partial charge in [0, 0.05) is 53.8 Å². The van der Waals surface area contributed by atoms with Crippen LogP contribution in [-0.4, -0.2) is 39.5 Å². The van der Waals surface area contributed by atoms with Crippen molar-refractivity contribution in [1.29, 1.82) is 5.26 Å². The second-order valence-electron chi connectivity index (χ2n) is 12.0. The molecule has 5 rings (SSSR count). The highest BCUT2D eigenvalue weighted by molar-refractivity contribution is 6.36. The number of piperidine rings is 1. The van der Waals surface area contributed by atoms with E-state index in [4.69, 9.17) is 33.5 Å². The van der Waals surface area contributed by atoms with E-state index in [2.05, 4.69) is 63.1 Å². The molecule has 2 aromatic carbocycles. The molecule has 2 aromatic heterocycles. The van der Waals surface area contributed by atoms with Gasteiger partial charge in [-0.2, -0.15) is 5.26 Å². The number of oxazole rings is 1. The summed E-state index contributed by atoms with van der Waals surface area (Å²) in [5.41, 5.74) is 6.54. The first-order valence-corrected chi connectivity index (χ1v) is 15.3. The number of fused-ring (bicyclic) bond motifs is 1. The minimum atomic E-state index is -0.576. The Balaban J connectivity index is 1.49. The summed E-state index contributed by atoms with van der Waals surface area (Å²) in [7, 11) is 0. The maximum atomic E-state index is 13.8. The fourth-order valence-corrected chi connectivity index (χ4v) is 5.90. The maximum Gasteiger partial charge on any atom is 0.181 e. The number of hydrogen-bond acceptors (Lipinski definition) is 10. The molecule has 4 aromatic rings. The molecule has 1 aliphatic heterocycles. The zero-order chi connectivity index (χ0) is 32.3. The van der Waals surface area contributed by atoms with Crippen LogP contribution in [-0.2, 0) is 0 Å². The van der Waals surface area contributed by atoms with E-state index in [1.165, 1.54) is 30.8 Å². The summed E-state index contributed by atoms with van der Waals surface area (Å²) < 4.78 is 19.7. The lowest BCUT2D eigenvalue weighted by Crippen LogP contribution is -2.49. The van der Waals surface area contributed by atoms with Gasteiger partial charge in [-0.15, -0.1) is 0 Å². The molecule has 1 fully saturated rings. The van der Waals surface area contributed by atoms with Gasteiger partial charge in [-0.05, 0) is 70.9 Å². The first-order chi connectivity index (χ1) is 21.5. The molecule has 13 heteroatoms. The molecular formula is C32H36Cl2FN9O. The van der Waals surface area contributed by atoms with Gasteiger partial charge in [-0.3, -0.25) is 15.7 Å². The van der Waals surface area contributed by atoms with Crippen LogP contribution in [0, 0.1) is 24.1 Å². The van der Waals surface area contributed by atoms with Crippen LogP contribution >= 0.6 is 23.2 Å². The number of halogens is 3. The largest absolute Gasteiger partial charge is 0.446 e. The minimum absolute atomic E-state index is 0.0514. The normalized spacial score (nSPS) is 15.5. The summed E-state index contributed by atoms with van der Waals surface area (Å²) in [6.07, 6.45) is 6.69. The minimum Gasteiger partial charge on any atom is -0.446 e. The van der Waals surface area contributed by atoms with Crippen LogP contribution < -0.4 is 27.2 Å². The number of aromatic nitrogens is 2. The summed E-state index contributed by atoms with van der Waals surface area (Å²) in [4.78, 5) is 11.2. The summed E-state index contributed by atoms with van der Waals surface area (Å²) in [6, 6.07) is 9.66. The lowest BCUT2D eigenvalue weighted by Gasteiger charge is -2.41. The molecular weight excluding hydrogens is 616 g/mol. The van der Waals surface area contributed by atoms with Crippen molar-refractivity contribution in [1.82, 2.24) is 25.6 Å². The smallest absolute Gasteiger partial charge is 0.181 e. The number of hydrazine groups is 1. The second kappa shape index (κ2) is 13.5. The van der Waals surface area contributed by atoms with Gasteiger partial charge in [0.05, 0.1) is 38.2 Å². The Morgan fingerprint density at radius 2 is 1.89 bits per heavy atom. The number of nitriles is 1. The van der Waals surface area contributed by atoms with Crippen LogP contribution in [0.5, 0.6) is 0 Å². The molecule has 1 saturated heterocycles. The van der Waals surface area contributed by atoms with Crippen molar-refractivity contribution in [2.24, 2.45) is 5.84 Å². The molecule has 0 unspecified atom stereocenters. The number of benzene rings is 2. The molecule has 0 saturated carbocycles. The Bertz CT molecular complexity index is 1750. The molecule has 6 N–H and O–H groups in total. The third-order valence-electron chi connectivity index (χ3n) is 7.99. The molecule has 1 aliphatic rings. The van der Waals surface area contributed by atoms with E-state index in [1.54, 1.807) is 6.07 Å². The van der Waals surface area contributed by atoms with Gasteiger partial charge in [-0.1, -0.05) is 23.2 Å². The van der Waals surface area contributed by atoms with Gasteiger partial charge in [0.15, 0.2) is 12.2 Å². The molecule has 0 spiro atoms. The van der Waals surface area contributed by atoms with Crippen LogP contribution in [0.3, 0.4) is 0 Å². The molecule has 3 heterocycles. The predicted molar refractivity (Wildman–Crippen MR) is 177 cm³/mol. The SMILES string of the molecule is Cc1ncoc1[C@H](Nc1cc(Cl)c2ncc(C#N)c(Nc3ccc(F)c(Cl)c3)c2c1)/C(=C/NC1CCN(C(C)(C)C)CC1)NN. The highest BCUT2D eigenvalue weighted by atomic mass is 35.5. The molecule has 0 aliphatic carbocycles. The van der Waals surface area contributed by atoms with Crippen molar-refractivity contribution >= 4 is 51.2 Å². The predicted octanol–water partition coefficient (Wildman–Crippen LogP) is 6.90. The zero-order valence-corrected chi connectivity index (χ0v) is 27.0. The fraction of sp³-hybridized carbons (Fsp3) is 0.344. The van der Waals surface area contributed by atoms with Crippen molar-refractivity contribution in [2.75, 3.05) is 23.7 Å². The monoisotopic (exact) mass is 651 g/mol. The highest BCUT2D eigenvalue weighted by Gasteiger charge is 2.28. The Morgan fingerprint density at radius 3 is 2.51 bits per heavy atom. The molecule has 236 valence electrons. The Hall–Kier alpha value is -4.08. The van der Waals surface area contributed by atoms with Gasteiger partial charge in [-0.25, -0.2) is 9.37 Å². The van der Waals surface area contributed by atoms with E-state index in [0.29, 0.717) is 50.1 Å². The van der Waals surface area contributed by atoms with Crippen LogP contribution in [0.15, 0.2) is 59.2 Å². The number of nitrogens with zero attached hydrogens (tertiary/aromatic N) is 4. The number of nitrogens with two attached hydrogens (primary N) is 1. The van der Waals surface area contributed by atoms with E-state index in [9.17, 15) is 9.65 Å². The Morgan fingerprint density at radius 1 is 1.16 bits per heavy atom. The Kier molecular flexibility index (Phi) is 9.70. The number of rotatable bonds is 9. The van der Waals surface area contributed by atoms with Gasteiger partial charge < -0.3 is 25.8 Å². The number of hydrogen-bond donors (Lipinski definition) is 5. The van der Waals surface area contributed by atoms with Crippen molar-refractivity contribution < 1.29 is 8.81 Å². The first kappa shape index (κ1) is 32.3. The molecule has 0 amide bonds. The third kappa shape index (κ3) is 7.26. The summed E-state index contributed by atoms with van der Waals surface area (Å²) in [6.45, 7) is 10.6. The second-order valence-corrected chi connectivity index (χ2v) is 12.8. The summed E-state index contributed by atoms with van der Waals surface area (Å²) in [5.74, 6) is 6.09. The number of aryl methyl sites for hydroxylation is 1. The maximum absolute atomic E-state index is 13.8.